The van der Waals surface area contributed by atoms with E-state index in [2.05, 4.69) is 29.5 Å². The first-order valence-electron chi connectivity index (χ1n) is 4.75. The van der Waals surface area contributed by atoms with Crippen molar-refractivity contribution >= 4 is 11.3 Å². The minimum atomic E-state index is 0.670. The van der Waals surface area contributed by atoms with E-state index < -0.39 is 0 Å². The molecule has 0 aliphatic rings. The summed E-state index contributed by atoms with van der Waals surface area (Å²) in [6.07, 6.45) is 1.87. The molecule has 4 heteroatoms. The summed E-state index contributed by atoms with van der Waals surface area (Å²) in [5.74, 6) is 5.27. The van der Waals surface area contributed by atoms with Gasteiger partial charge in [0.1, 0.15) is 5.01 Å². The fourth-order valence-electron chi connectivity index (χ4n) is 1.43. The second kappa shape index (κ2) is 4.53. The highest BCUT2D eigenvalue weighted by Crippen LogP contribution is 2.27. The zero-order valence-corrected chi connectivity index (χ0v) is 9.34. The molecule has 78 valence electrons. The van der Waals surface area contributed by atoms with Crippen LogP contribution in [0.2, 0.25) is 0 Å². The molecule has 0 saturated heterocycles. The van der Waals surface area contributed by atoms with Gasteiger partial charge in [-0.1, -0.05) is 24.3 Å². The number of hydrogen-bond donors (Lipinski definition) is 2. The Morgan fingerprint density at radius 2 is 2.20 bits per heavy atom. The normalized spacial score (nSPS) is 10.5. The van der Waals surface area contributed by atoms with Crippen molar-refractivity contribution in [2.75, 3.05) is 0 Å². The van der Waals surface area contributed by atoms with Crippen molar-refractivity contribution in [2.24, 2.45) is 5.84 Å². The van der Waals surface area contributed by atoms with Gasteiger partial charge in [0.2, 0.25) is 0 Å². The van der Waals surface area contributed by atoms with Crippen LogP contribution in [0.5, 0.6) is 0 Å². The van der Waals surface area contributed by atoms with Gasteiger partial charge in [-0.3, -0.25) is 11.3 Å². The largest absolute Gasteiger partial charge is 0.271 e. The molecule has 3 nitrogen and oxygen atoms in total. The van der Waals surface area contributed by atoms with E-state index in [0.717, 1.165) is 9.88 Å². The molecule has 0 atom stereocenters. The maximum absolute atomic E-state index is 5.27. The molecule has 0 amide bonds. The van der Waals surface area contributed by atoms with Crippen LogP contribution in [0.4, 0.5) is 0 Å². The molecule has 1 heterocycles. The van der Waals surface area contributed by atoms with Crippen LogP contribution in [0.1, 0.15) is 10.4 Å². The van der Waals surface area contributed by atoms with Gasteiger partial charge >= 0.3 is 0 Å². The smallest absolute Gasteiger partial charge is 0.123 e. The van der Waals surface area contributed by atoms with Crippen molar-refractivity contribution in [3.63, 3.8) is 0 Å². The van der Waals surface area contributed by atoms with Crippen LogP contribution in [0.15, 0.2) is 30.5 Å². The summed E-state index contributed by atoms with van der Waals surface area (Å²) in [5, 5.41) is 1.05. The van der Waals surface area contributed by atoms with Crippen molar-refractivity contribution in [2.45, 2.75) is 13.5 Å². The van der Waals surface area contributed by atoms with Gasteiger partial charge in [0.15, 0.2) is 0 Å². The summed E-state index contributed by atoms with van der Waals surface area (Å²) in [5.41, 5.74) is 5.08. The number of nitrogens with two attached hydrogens (primary N) is 1. The zero-order chi connectivity index (χ0) is 10.7. The maximum Gasteiger partial charge on any atom is 0.123 e. The summed E-state index contributed by atoms with van der Waals surface area (Å²) in [6.45, 7) is 2.77. The Kier molecular flexibility index (Phi) is 3.11. The highest BCUT2D eigenvalue weighted by molar-refractivity contribution is 7.15. The minimum Gasteiger partial charge on any atom is -0.271 e. The lowest BCUT2D eigenvalue weighted by molar-refractivity contribution is 0.750. The van der Waals surface area contributed by atoms with Crippen molar-refractivity contribution in [3.8, 4) is 10.6 Å². The Bertz CT molecular complexity index is 451. The van der Waals surface area contributed by atoms with E-state index >= 15 is 0 Å². The lowest BCUT2D eigenvalue weighted by Gasteiger charge is -1.99. The Balaban J connectivity index is 2.33. The number of aromatic nitrogens is 1. The van der Waals surface area contributed by atoms with E-state index in [-0.39, 0.29) is 0 Å². The average molecular weight is 219 g/mol. The predicted octanol–water partition coefficient (Wildman–Crippen LogP) is 2.08. The monoisotopic (exact) mass is 219 g/mol. The topological polar surface area (TPSA) is 50.9 Å². The van der Waals surface area contributed by atoms with Gasteiger partial charge in [-0.25, -0.2) is 4.98 Å². The first-order chi connectivity index (χ1) is 7.31. The maximum atomic E-state index is 5.27. The van der Waals surface area contributed by atoms with E-state index in [1.807, 2.05) is 18.3 Å². The van der Waals surface area contributed by atoms with E-state index in [0.29, 0.717) is 6.54 Å². The third kappa shape index (κ3) is 2.23. The van der Waals surface area contributed by atoms with Crippen molar-refractivity contribution in [3.05, 3.63) is 40.9 Å². The van der Waals surface area contributed by atoms with Crippen LogP contribution < -0.4 is 11.3 Å². The second-order valence-electron chi connectivity index (χ2n) is 3.33. The molecule has 0 spiro atoms. The molecular weight excluding hydrogens is 206 g/mol. The molecule has 1 aromatic carbocycles. The second-order valence-corrected chi connectivity index (χ2v) is 4.44. The molecule has 1 aromatic heterocycles. The van der Waals surface area contributed by atoms with Gasteiger partial charge in [0, 0.05) is 23.2 Å². The molecule has 0 unspecified atom stereocenters. The fourth-order valence-corrected chi connectivity index (χ4v) is 2.38. The van der Waals surface area contributed by atoms with Gasteiger partial charge in [0.05, 0.1) is 0 Å². The van der Waals surface area contributed by atoms with Gasteiger partial charge in [-0.05, 0) is 12.5 Å². The number of hydrogen-bond acceptors (Lipinski definition) is 4. The summed E-state index contributed by atoms with van der Waals surface area (Å²) in [7, 11) is 0. The molecule has 3 N–H and O–H groups in total. The highest BCUT2D eigenvalue weighted by atomic mass is 32.1. The molecule has 0 bridgehead atoms. The summed E-state index contributed by atoms with van der Waals surface area (Å²) in [6, 6.07) is 8.25. The Morgan fingerprint density at radius 3 is 2.93 bits per heavy atom. The predicted molar refractivity (Wildman–Crippen MR) is 63.3 cm³/mol. The molecular formula is C11H13N3S. The van der Waals surface area contributed by atoms with Crippen molar-refractivity contribution < 1.29 is 0 Å². The third-order valence-corrected chi connectivity index (χ3v) is 3.24. The van der Waals surface area contributed by atoms with E-state index in [9.17, 15) is 0 Å². The molecule has 0 radical (unpaired) electrons. The van der Waals surface area contributed by atoms with Crippen molar-refractivity contribution in [1.29, 1.82) is 0 Å². The first-order valence-corrected chi connectivity index (χ1v) is 5.57. The van der Waals surface area contributed by atoms with Gasteiger partial charge in [-0.15, -0.1) is 11.3 Å². The number of aryl methyl sites for hydroxylation is 1. The quantitative estimate of drug-likeness (QED) is 0.614. The number of rotatable bonds is 3. The van der Waals surface area contributed by atoms with Gasteiger partial charge in [-0.2, -0.15) is 0 Å². The Hall–Kier alpha value is -1.23. The van der Waals surface area contributed by atoms with Crippen LogP contribution in [0.25, 0.3) is 10.6 Å². The molecule has 0 fully saturated rings. The third-order valence-electron chi connectivity index (χ3n) is 2.21. The SMILES string of the molecule is Cc1ccccc1-c1ncc(CNN)s1. The van der Waals surface area contributed by atoms with E-state index in [1.54, 1.807) is 11.3 Å². The standard InChI is InChI=1S/C11H13N3S/c1-8-4-2-3-5-10(8)11-13-6-9(15-11)7-14-12/h2-6,14H,7,12H2,1H3. The highest BCUT2D eigenvalue weighted by Gasteiger charge is 2.05. The van der Waals surface area contributed by atoms with Crippen molar-refractivity contribution in [1.82, 2.24) is 10.4 Å². The average Bonchev–Trinajstić information content (AvgIpc) is 2.68. The van der Waals surface area contributed by atoms with Crippen LogP contribution in [-0.4, -0.2) is 4.98 Å². The Morgan fingerprint density at radius 1 is 1.40 bits per heavy atom. The number of hydrazine groups is 1. The molecule has 2 rings (SSSR count). The molecule has 2 aromatic rings. The molecule has 0 aliphatic carbocycles. The van der Waals surface area contributed by atoms with Crippen LogP contribution in [-0.2, 0) is 6.54 Å². The molecule has 0 aliphatic heterocycles. The van der Waals surface area contributed by atoms with E-state index in [4.69, 9.17) is 5.84 Å². The minimum absolute atomic E-state index is 0.670. The first kappa shape index (κ1) is 10.3. The fraction of sp³-hybridized carbons (Fsp3) is 0.182. The number of benzene rings is 1. The molecule has 15 heavy (non-hydrogen) atoms. The Labute approximate surface area is 92.9 Å². The number of nitrogens with one attached hydrogen (secondary N) is 1. The summed E-state index contributed by atoms with van der Waals surface area (Å²) < 4.78 is 0. The summed E-state index contributed by atoms with van der Waals surface area (Å²) in [4.78, 5) is 5.54. The summed E-state index contributed by atoms with van der Waals surface area (Å²) >= 11 is 1.67. The van der Waals surface area contributed by atoms with Crippen LogP contribution in [0, 0.1) is 6.92 Å². The van der Waals surface area contributed by atoms with Gasteiger partial charge < -0.3 is 0 Å². The number of thiazole rings is 1. The van der Waals surface area contributed by atoms with Gasteiger partial charge in [0.25, 0.3) is 0 Å². The molecule has 0 saturated carbocycles. The lowest BCUT2D eigenvalue weighted by atomic mass is 10.1. The lowest BCUT2D eigenvalue weighted by Crippen LogP contribution is -2.19. The number of nitrogens with zero attached hydrogens (tertiary/aromatic N) is 1. The van der Waals surface area contributed by atoms with Crippen LogP contribution in [0.3, 0.4) is 0 Å². The zero-order valence-electron chi connectivity index (χ0n) is 8.53. The van der Waals surface area contributed by atoms with E-state index in [1.165, 1.54) is 11.1 Å². The van der Waals surface area contributed by atoms with Crippen LogP contribution >= 0.6 is 11.3 Å².